The minimum absolute atomic E-state index is 0.0788. The maximum Gasteiger partial charge on any atom is 0.225 e. The lowest BCUT2D eigenvalue weighted by molar-refractivity contribution is -0.137. The lowest BCUT2D eigenvalue weighted by Crippen LogP contribution is -2.51. The van der Waals surface area contributed by atoms with Crippen LogP contribution in [0.25, 0.3) is 0 Å². The first-order valence-electron chi connectivity index (χ1n) is 10.2. The van der Waals surface area contributed by atoms with Crippen LogP contribution in [0.4, 0.5) is 8.78 Å². The van der Waals surface area contributed by atoms with E-state index in [-0.39, 0.29) is 23.6 Å². The number of piperazine rings is 1. The number of benzene rings is 2. The van der Waals surface area contributed by atoms with Crippen molar-refractivity contribution in [1.29, 1.82) is 0 Å². The second kappa shape index (κ2) is 8.39. The minimum Gasteiger partial charge on any atom is -0.340 e. The summed E-state index contributed by atoms with van der Waals surface area (Å²) in [6, 6.07) is 12.9. The summed E-state index contributed by atoms with van der Waals surface area (Å²) >= 11 is 0. The molecule has 0 N–H and O–H groups in total. The third-order valence-corrected chi connectivity index (χ3v) is 6.07. The zero-order valence-electron chi connectivity index (χ0n) is 16.0. The van der Waals surface area contributed by atoms with Gasteiger partial charge in [0.05, 0.1) is 6.04 Å². The Morgan fingerprint density at radius 2 is 1.25 bits per heavy atom. The maximum absolute atomic E-state index is 13.4. The predicted octanol–water partition coefficient (Wildman–Crippen LogP) is 4.39. The van der Waals surface area contributed by atoms with E-state index < -0.39 is 0 Å². The summed E-state index contributed by atoms with van der Waals surface area (Å²) in [7, 11) is 0. The van der Waals surface area contributed by atoms with Gasteiger partial charge in [-0.2, -0.15) is 0 Å². The van der Waals surface area contributed by atoms with Crippen molar-refractivity contribution >= 4 is 5.91 Å². The number of carbonyl (C=O) groups is 1. The smallest absolute Gasteiger partial charge is 0.225 e. The fraction of sp³-hybridized carbons (Fsp3) is 0.435. The average Bonchev–Trinajstić information content (AvgIpc) is 3.26. The summed E-state index contributed by atoms with van der Waals surface area (Å²) in [6.07, 6.45) is 4.36. The molecule has 1 saturated carbocycles. The van der Waals surface area contributed by atoms with Crippen molar-refractivity contribution in [3.63, 3.8) is 0 Å². The Hall–Kier alpha value is -2.27. The molecule has 1 heterocycles. The average molecular weight is 384 g/mol. The highest BCUT2D eigenvalue weighted by atomic mass is 19.1. The highest BCUT2D eigenvalue weighted by Crippen LogP contribution is 2.31. The Balaban J connectivity index is 1.51. The second-order valence-corrected chi connectivity index (χ2v) is 7.85. The van der Waals surface area contributed by atoms with E-state index >= 15 is 0 Å². The number of nitrogens with zero attached hydrogens (tertiary/aromatic N) is 2. The molecule has 0 aromatic heterocycles. The zero-order chi connectivity index (χ0) is 19.5. The minimum atomic E-state index is -0.270. The molecule has 0 radical (unpaired) electrons. The molecule has 1 amide bonds. The third-order valence-electron chi connectivity index (χ3n) is 6.07. The SMILES string of the molecule is O=C(C1CCCC1)N1CCN(C(c2ccc(F)cc2)c2ccc(F)cc2)CC1. The largest absolute Gasteiger partial charge is 0.340 e. The molecular formula is C23H26F2N2O. The number of halogens is 2. The standard InChI is InChI=1S/C23H26F2N2O/c24-20-9-5-17(6-10-20)22(18-7-11-21(25)12-8-18)26-13-15-27(16-14-26)23(28)19-3-1-2-4-19/h5-12,19,22H,1-4,13-16H2. The van der Waals surface area contributed by atoms with Gasteiger partial charge in [0.1, 0.15) is 11.6 Å². The molecule has 3 nitrogen and oxygen atoms in total. The molecule has 2 aromatic carbocycles. The van der Waals surface area contributed by atoms with Crippen molar-refractivity contribution in [2.45, 2.75) is 31.7 Å². The summed E-state index contributed by atoms with van der Waals surface area (Å²) in [5.41, 5.74) is 1.95. The van der Waals surface area contributed by atoms with Crippen molar-refractivity contribution in [2.24, 2.45) is 5.92 Å². The third kappa shape index (κ3) is 4.09. The summed E-state index contributed by atoms with van der Waals surface area (Å²) in [5.74, 6) is -0.0315. The van der Waals surface area contributed by atoms with Crippen LogP contribution in [0.2, 0.25) is 0 Å². The van der Waals surface area contributed by atoms with Gasteiger partial charge in [0.2, 0.25) is 5.91 Å². The summed E-state index contributed by atoms with van der Waals surface area (Å²) in [5, 5.41) is 0. The van der Waals surface area contributed by atoms with Crippen LogP contribution in [0.5, 0.6) is 0 Å². The Labute approximate surface area is 165 Å². The van der Waals surface area contributed by atoms with Gasteiger partial charge in [0.25, 0.3) is 0 Å². The fourth-order valence-electron chi connectivity index (χ4n) is 4.54. The molecule has 0 unspecified atom stereocenters. The van der Waals surface area contributed by atoms with Crippen molar-refractivity contribution in [3.8, 4) is 0 Å². The van der Waals surface area contributed by atoms with Crippen molar-refractivity contribution in [1.82, 2.24) is 9.80 Å². The first-order chi connectivity index (χ1) is 13.6. The molecule has 1 aliphatic carbocycles. The quantitative estimate of drug-likeness (QED) is 0.781. The molecule has 148 valence electrons. The van der Waals surface area contributed by atoms with Crippen molar-refractivity contribution < 1.29 is 13.6 Å². The van der Waals surface area contributed by atoms with E-state index in [1.165, 1.54) is 24.3 Å². The number of amides is 1. The first-order valence-corrected chi connectivity index (χ1v) is 10.2. The Morgan fingerprint density at radius 1 is 0.786 bits per heavy atom. The molecule has 2 aliphatic rings. The Kier molecular flexibility index (Phi) is 5.72. The topological polar surface area (TPSA) is 23.6 Å². The van der Waals surface area contributed by atoms with Crippen LogP contribution in [0.3, 0.4) is 0 Å². The predicted molar refractivity (Wildman–Crippen MR) is 105 cm³/mol. The van der Waals surface area contributed by atoms with E-state index in [0.717, 1.165) is 49.9 Å². The van der Waals surface area contributed by atoms with Gasteiger partial charge in [0, 0.05) is 32.1 Å². The normalized spacial score (nSPS) is 18.8. The molecule has 0 spiro atoms. The molecule has 28 heavy (non-hydrogen) atoms. The highest BCUT2D eigenvalue weighted by Gasteiger charge is 2.32. The Morgan fingerprint density at radius 3 is 1.71 bits per heavy atom. The van der Waals surface area contributed by atoms with Crippen LogP contribution in [-0.4, -0.2) is 41.9 Å². The number of rotatable bonds is 4. The molecule has 0 bridgehead atoms. The van der Waals surface area contributed by atoms with Gasteiger partial charge in [-0.25, -0.2) is 8.78 Å². The van der Waals surface area contributed by atoms with Crippen LogP contribution < -0.4 is 0 Å². The van der Waals surface area contributed by atoms with E-state index in [2.05, 4.69) is 4.90 Å². The van der Waals surface area contributed by atoms with Gasteiger partial charge in [-0.1, -0.05) is 37.1 Å². The van der Waals surface area contributed by atoms with E-state index in [4.69, 9.17) is 0 Å². The van der Waals surface area contributed by atoms with Crippen LogP contribution >= 0.6 is 0 Å². The summed E-state index contributed by atoms with van der Waals surface area (Å²) < 4.78 is 26.9. The monoisotopic (exact) mass is 384 g/mol. The molecule has 5 heteroatoms. The lowest BCUT2D eigenvalue weighted by Gasteiger charge is -2.40. The Bertz CT molecular complexity index is 747. The van der Waals surface area contributed by atoms with E-state index in [0.29, 0.717) is 19.0 Å². The molecule has 2 aromatic rings. The lowest BCUT2D eigenvalue weighted by atomic mass is 9.96. The highest BCUT2D eigenvalue weighted by molar-refractivity contribution is 5.79. The van der Waals surface area contributed by atoms with Crippen LogP contribution in [0.1, 0.15) is 42.9 Å². The first kappa shape index (κ1) is 19.1. The van der Waals surface area contributed by atoms with Gasteiger partial charge in [-0.05, 0) is 48.2 Å². The van der Waals surface area contributed by atoms with Gasteiger partial charge >= 0.3 is 0 Å². The fourth-order valence-corrected chi connectivity index (χ4v) is 4.54. The van der Waals surface area contributed by atoms with Crippen LogP contribution in [0, 0.1) is 17.6 Å². The number of hydrogen-bond acceptors (Lipinski definition) is 2. The molecule has 2 fully saturated rings. The zero-order valence-corrected chi connectivity index (χ0v) is 16.0. The molecule has 4 rings (SSSR count). The van der Waals surface area contributed by atoms with Crippen LogP contribution in [-0.2, 0) is 4.79 Å². The summed E-state index contributed by atoms with van der Waals surface area (Å²) in [4.78, 5) is 17.0. The molecule has 1 saturated heterocycles. The van der Waals surface area contributed by atoms with Gasteiger partial charge in [-0.3, -0.25) is 9.69 Å². The number of carbonyl (C=O) groups excluding carboxylic acids is 1. The van der Waals surface area contributed by atoms with Gasteiger partial charge in [-0.15, -0.1) is 0 Å². The van der Waals surface area contributed by atoms with E-state index in [1.54, 1.807) is 24.3 Å². The van der Waals surface area contributed by atoms with E-state index in [9.17, 15) is 13.6 Å². The number of hydrogen-bond donors (Lipinski definition) is 0. The van der Waals surface area contributed by atoms with Crippen LogP contribution in [0.15, 0.2) is 48.5 Å². The summed E-state index contributed by atoms with van der Waals surface area (Å²) in [6.45, 7) is 2.90. The second-order valence-electron chi connectivity index (χ2n) is 7.85. The molecule has 0 atom stereocenters. The van der Waals surface area contributed by atoms with E-state index in [1.807, 2.05) is 4.90 Å². The van der Waals surface area contributed by atoms with Crippen molar-refractivity contribution in [3.05, 3.63) is 71.3 Å². The van der Waals surface area contributed by atoms with Crippen molar-refractivity contribution in [2.75, 3.05) is 26.2 Å². The van der Waals surface area contributed by atoms with Gasteiger partial charge in [0.15, 0.2) is 0 Å². The molecular weight excluding hydrogens is 358 g/mol. The maximum atomic E-state index is 13.4. The molecule has 1 aliphatic heterocycles. The van der Waals surface area contributed by atoms with Gasteiger partial charge < -0.3 is 4.90 Å².